The van der Waals surface area contributed by atoms with Gasteiger partial charge in [0.25, 0.3) is 5.91 Å². The zero-order valence-electron chi connectivity index (χ0n) is 16.9. The van der Waals surface area contributed by atoms with E-state index in [4.69, 9.17) is 14.2 Å². The maximum absolute atomic E-state index is 12.9. The highest BCUT2D eigenvalue weighted by Gasteiger charge is 2.27. The molecule has 150 valence electrons. The molecule has 0 aromatic carbocycles. The van der Waals surface area contributed by atoms with Crippen LogP contribution < -0.4 is 4.74 Å². The quantitative estimate of drug-likeness (QED) is 0.672. The van der Waals surface area contributed by atoms with Gasteiger partial charge >= 0.3 is 0 Å². The van der Waals surface area contributed by atoms with Gasteiger partial charge in [0.15, 0.2) is 0 Å². The van der Waals surface area contributed by atoms with Gasteiger partial charge in [-0.15, -0.1) is 0 Å². The summed E-state index contributed by atoms with van der Waals surface area (Å²) >= 11 is 0. The number of pyridine rings is 2. The number of piperidine rings is 1. The van der Waals surface area contributed by atoms with Gasteiger partial charge in [0.1, 0.15) is 11.3 Å². The lowest BCUT2D eigenvalue weighted by molar-refractivity contribution is 0.0708. The van der Waals surface area contributed by atoms with Gasteiger partial charge in [-0.25, -0.2) is 4.98 Å². The number of carbonyl (C=O) groups is 1. The van der Waals surface area contributed by atoms with Crippen molar-refractivity contribution < 1.29 is 14.1 Å². The molecule has 4 heterocycles. The lowest BCUT2D eigenvalue weighted by Crippen LogP contribution is -2.38. The van der Waals surface area contributed by atoms with Crippen LogP contribution in [-0.4, -0.2) is 46.1 Å². The predicted molar refractivity (Wildman–Crippen MR) is 108 cm³/mol. The summed E-state index contributed by atoms with van der Waals surface area (Å²) in [6.45, 7) is 5.19. The second-order valence-electron chi connectivity index (χ2n) is 7.27. The Morgan fingerprint density at radius 3 is 2.66 bits per heavy atom. The fourth-order valence-electron chi connectivity index (χ4n) is 3.93. The molecule has 0 spiro atoms. The number of amides is 1. The molecule has 1 saturated heterocycles. The summed E-state index contributed by atoms with van der Waals surface area (Å²) in [6.07, 6.45) is 3.36. The molecule has 4 rings (SSSR count). The third-order valence-corrected chi connectivity index (χ3v) is 5.46. The molecule has 1 fully saturated rings. The molecule has 3 aromatic heterocycles. The summed E-state index contributed by atoms with van der Waals surface area (Å²) < 4.78 is 10.5. The number of hydrogen-bond donors (Lipinski definition) is 0. The van der Waals surface area contributed by atoms with Gasteiger partial charge in [0.05, 0.1) is 24.1 Å². The van der Waals surface area contributed by atoms with Crippen LogP contribution in [0.25, 0.3) is 11.3 Å². The first kappa shape index (κ1) is 19.1. The van der Waals surface area contributed by atoms with Crippen LogP contribution in [0, 0.1) is 13.8 Å². The molecule has 1 aliphatic rings. The maximum atomic E-state index is 12.9. The smallest absolute Gasteiger partial charge is 0.259 e. The number of carbonyl (C=O) groups excluding carboxylic acids is 1. The number of rotatable bonds is 4. The summed E-state index contributed by atoms with van der Waals surface area (Å²) in [6, 6.07) is 9.60. The van der Waals surface area contributed by atoms with Crippen LogP contribution in [-0.2, 0) is 0 Å². The molecule has 0 saturated carbocycles. The molecular weight excluding hydrogens is 368 g/mol. The summed E-state index contributed by atoms with van der Waals surface area (Å²) in [5.74, 6) is 1.42. The molecule has 29 heavy (non-hydrogen) atoms. The van der Waals surface area contributed by atoms with Crippen molar-refractivity contribution in [2.24, 2.45) is 0 Å². The predicted octanol–water partition coefficient (Wildman–Crippen LogP) is 3.78. The molecule has 0 radical (unpaired) electrons. The highest BCUT2D eigenvalue weighted by atomic mass is 16.5. The highest BCUT2D eigenvalue weighted by Crippen LogP contribution is 2.31. The number of hydrogen-bond acceptors (Lipinski definition) is 6. The van der Waals surface area contributed by atoms with E-state index >= 15 is 0 Å². The van der Waals surface area contributed by atoms with Gasteiger partial charge in [-0.3, -0.25) is 9.78 Å². The lowest BCUT2D eigenvalue weighted by Gasteiger charge is -2.32. The molecule has 1 aliphatic heterocycles. The Balaban J connectivity index is 1.48. The summed E-state index contributed by atoms with van der Waals surface area (Å²) in [4.78, 5) is 23.8. The second kappa shape index (κ2) is 8.03. The molecule has 7 heteroatoms. The van der Waals surface area contributed by atoms with Crippen molar-refractivity contribution >= 4 is 5.91 Å². The van der Waals surface area contributed by atoms with Gasteiger partial charge in [-0.2, -0.15) is 0 Å². The lowest BCUT2D eigenvalue weighted by atomic mass is 9.92. The van der Waals surface area contributed by atoms with Crippen LogP contribution >= 0.6 is 0 Å². The van der Waals surface area contributed by atoms with Gasteiger partial charge in [0.2, 0.25) is 5.88 Å². The number of nitrogens with zero attached hydrogens (tertiary/aromatic N) is 4. The molecule has 3 aromatic rings. The Labute approximate surface area is 169 Å². The minimum atomic E-state index is -0.0363. The van der Waals surface area contributed by atoms with E-state index in [0.29, 0.717) is 30.5 Å². The summed E-state index contributed by atoms with van der Waals surface area (Å²) in [7, 11) is 1.53. The van der Waals surface area contributed by atoms with Gasteiger partial charge in [-0.1, -0.05) is 11.2 Å². The maximum Gasteiger partial charge on any atom is 0.259 e. The van der Waals surface area contributed by atoms with Crippen LogP contribution in [0.1, 0.15) is 46.3 Å². The first-order valence-electron chi connectivity index (χ1n) is 9.77. The Morgan fingerprint density at radius 1 is 1.17 bits per heavy atom. The average molecular weight is 392 g/mol. The number of aromatic nitrogens is 3. The molecule has 0 bridgehead atoms. The second-order valence-corrected chi connectivity index (χ2v) is 7.27. The normalized spacial score (nSPS) is 14.8. The van der Waals surface area contributed by atoms with E-state index in [0.717, 1.165) is 41.2 Å². The van der Waals surface area contributed by atoms with Crippen molar-refractivity contribution in [3.8, 4) is 17.1 Å². The standard InChI is InChI=1S/C22H24N4O3/c1-14-20(15(2)29-25-14)19-8-4-7-18(24-19)16-9-12-26(13-10-16)22(27)17-6-5-11-23-21(17)28-3/h4-8,11,16H,9-10,12-13H2,1-3H3. The van der Waals surface area contributed by atoms with E-state index in [9.17, 15) is 4.79 Å². The molecule has 0 aliphatic carbocycles. The minimum Gasteiger partial charge on any atom is -0.480 e. The fourth-order valence-corrected chi connectivity index (χ4v) is 3.93. The van der Waals surface area contributed by atoms with Crippen molar-refractivity contribution in [1.82, 2.24) is 20.0 Å². The minimum absolute atomic E-state index is 0.0363. The summed E-state index contributed by atoms with van der Waals surface area (Å²) in [5, 5.41) is 4.03. The molecule has 0 atom stereocenters. The highest BCUT2D eigenvalue weighted by molar-refractivity contribution is 5.96. The molecular formula is C22H24N4O3. The Bertz CT molecular complexity index is 1000. The van der Waals surface area contributed by atoms with Crippen LogP contribution in [0.4, 0.5) is 0 Å². The number of aryl methyl sites for hydroxylation is 2. The van der Waals surface area contributed by atoms with Crippen molar-refractivity contribution in [3.63, 3.8) is 0 Å². The Kier molecular flexibility index (Phi) is 5.29. The first-order chi connectivity index (χ1) is 14.1. The van der Waals surface area contributed by atoms with E-state index in [1.54, 1.807) is 18.3 Å². The Hall–Kier alpha value is -3.22. The third-order valence-electron chi connectivity index (χ3n) is 5.46. The fraction of sp³-hybridized carbons (Fsp3) is 0.364. The van der Waals surface area contributed by atoms with Crippen LogP contribution in [0.15, 0.2) is 41.1 Å². The van der Waals surface area contributed by atoms with Crippen LogP contribution in [0.5, 0.6) is 5.88 Å². The van der Waals surface area contributed by atoms with Crippen LogP contribution in [0.3, 0.4) is 0 Å². The Morgan fingerprint density at radius 2 is 1.97 bits per heavy atom. The van der Waals surface area contributed by atoms with Gasteiger partial charge < -0.3 is 14.2 Å². The number of ether oxygens (including phenoxy) is 1. The molecule has 0 N–H and O–H groups in total. The molecule has 1 amide bonds. The molecule has 7 nitrogen and oxygen atoms in total. The SMILES string of the molecule is COc1ncccc1C(=O)N1CCC(c2cccc(-c3c(C)noc3C)n2)CC1. The topological polar surface area (TPSA) is 81.4 Å². The first-order valence-corrected chi connectivity index (χ1v) is 9.77. The monoisotopic (exact) mass is 392 g/mol. The van der Waals surface area contributed by atoms with Crippen molar-refractivity contribution in [3.05, 3.63) is 59.2 Å². The van der Waals surface area contributed by atoms with Gasteiger partial charge in [-0.05, 0) is 51.0 Å². The van der Waals surface area contributed by atoms with Crippen molar-refractivity contribution in [2.75, 3.05) is 20.2 Å². The number of methoxy groups -OCH3 is 1. The zero-order valence-corrected chi connectivity index (χ0v) is 16.9. The number of likely N-dealkylation sites (tertiary alicyclic amines) is 1. The zero-order chi connectivity index (χ0) is 20.4. The third kappa shape index (κ3) is 3.72. The van der Waals surface area contributed by atoms with Crippen LogP contribution in [0.2, 0.25) is 0 Å². The van der Waals surface area contributed by atoms with Crippen molar-refractivity contribution in [1.29, 1.82) is 0 Å². The summed E-state index contributed by atoms with van der Waals surface area (Å²) in [5.41, 5.74) is 4.25. The van der Waals surface area contributed by atoms with Crippen molar-refractivity contribution in [2.45, 2.75) is 32.6 Å². The van der Waals surface area contributed by atoms with E-state index < -0.39 is 0 Å². The van der Waals surface area contributed by atoms with Gasteiger partial charge in [0, 0.05) is 30.9 Å². The molecule has 0 unspecified atom stereocenters. The van der Waals surface area contributed by atoms with E-state index in [2.05, 4.69) is 16.2 Å². The van der Waals surface area contributed by atoms with E-state index in [-0.39, 0.29) is 5.91 Å². The largest absolute Gasteiger partial charge is 0.480 e. The average Bonchev–Trinajstić information content (AvgIpc) is 3.11. The van der Waals surface area contributed by atoms with E-state index in [1.165, 1.54) is 7.11 Å². The van der Waals surface area contributed by atoms with E-state index in [1.807, 2.05) is 30.9 Å².